The molecule has 0 spiro atoms. The van der Waals surface area contributed by atoms with Gasteiger partial charge in [-0.3, -0.25) is 4.98 Å². The first-order chi connectivity index (χ1) is 9.78. The van der Waals surface area contributed by atoms with Crippen LogP contribution in [0.2, 0.25) is 0 Å². The van der Waals surface area contributed by atoms with Gasteiger partial charge in [0.2, 0.25) is 0 Å². The molecule has 1 fully saturated rings. The molecule has 1 atom stereocenters. The number of hydrogen-bond acceptors (Lipinski definition) is 3. The van der Waals surface area contributed by atoms with Crippen LogP contribution >= 0.6 is 24.0 Å². The van der Waals surface area contributed by atoms with E-state index >= 15 is 0 Å². The standard InChI is InChI=1S/C15H25N5.HI/c1-3-16-15(18-10-13-7-9-20(2)12-13)19-11-14-6-4-5-8-17-14;/h4-6,8,13H,3,7,9-12H2,1-2H3,(H2,16,18,19);1H. The Hall–Kier alpha value is -0.890. The fourth-order valence-corrected chi connectivity index (χ4v) is 2.43. The molecule has 2 rings (SSSR count). The molecule has 118 valence electrons. The fourth-order valence-electron chi connectivity index (χ4n) is 2.43. The van der Waals surface area contributed by atoms with Gasteiger partial charge >= 0.3 is 0 Å². The average molecular weight is 403 g/mol. The van der Waals surface area contributed by atoms with E-state index in [4.69, 9.17) is 0 Å². The van der Waals surface area contributed by atoms with Gasteiger partial charge in [-0.25, -0.2) is 4.99 Å². The molecule has 0 saturated carbocycles. The first kappa shape index (κ1) is 18.2. The Kier molecular flexibility index (Phi) is 8.60. The quantitative estimate of drug-likeness (QED) is 0.447. The Labute approximate surface area is 144 Å². The molecule has 0 bridgehead atoms. The number of aromatic nitrogens is 1. The number of pyridine rings is 1. The normalized spacial score (nSPS) is 19.1. The van der Waals surface area contributed by atoms with E-state index < -0.39 is 0 Å². The van der Waals surface area contributed by atoms with Crippen LogP contribution in [0.3, 0.4) is 0 Å². The predicted molar refractivity (Wildman–Crippen MR) is 98.1 cm³/mol. The number of guanidine groups is 1. The molecular formula is C15H26IN5. The van der Waals surface area contributed by atoms with Crippen molar-refractivity contribution in [2.24, 2.45) is 10.9 Å². The van der Waals surface area contributed by atoms with Crippen molar-refractivity contribution >= 4 is 29.9 Å². The first-order valence-corrected chi connectivity index (χ1v) is 7.38. The Bertz CT molecular complexity index is 423. The molecule has 1 aliphatic rings. The van der Waals surface area contributed by atoms with Crippen LogP contribution in [0.1, 0.15) is 19.0 Å². The summed E-state index contributed by atoms with van der Waals surface area (Å²) in [6.45, 7) is 6.93. The lowest BCUT2D eigenvalue weighted by molar-refractivity contribution is 0.394. The van der Waals surface area contributed by atoms with Gasteiger partial charge in [-0.15, -0.1) is 24.0 Å². The molecule has 1 saturated heterocycles. The Balaban J connectivity index is 0.00000220. The van der Waals surface area contributed by atoms with Crippen LogP contribution < -0.4 is 10.6 Å². The highest BCUT2D eigenvalue weighted by Crippen LogP contribution is 2.12. The summed E-state index contributed by atoms with van der Waals surface area (Å²) in [5.74, 6) is 1.60. The molecule has 0 radical (unpaired) electrons. The van der Waals surface area contributed by atoms with Gasteiger partial charge in [-0.2, -0.15) is 0 Å². The van der Waals surface area contributed by atoms with Gasteiger partial charge in [0.25, 0.3) is 0 Å². The van der Waals surface area contributed by atoms with Crippen LogP contribution in [0.15, 0.2) is 29.4 Å². The first-order valence-electron chi connectivity index (χ1n) is 7.38. The van der Waals surface area contributed by atoms with Crippen molar-refractivity contribution in [2.75, 3.05) is 33.2 Å². The second-order valence-electron chi connectivity index (χ2n) is 5.31. The Morgan fingerprint density at radius 3 is 2.90 bits per heavy atom. The van der Waals surface area contributed by atoms with Crippen LogP contribution in [0.5, 0.6) is 0 Å². The molecule has 0 aliphatic carbocycles. The largest absolute Gasteiger partial charge is 0.357 e. The van der Waals surface area contributed by atoms with Gasteiger partial charge < -0.3 is 15.5 Å². The lowest BCUT2D eigenvalue weighted by Gasteiger charge is -2.15. The molecule has 21 heavy (non-hydrogen) atoms. The van der Waals surface area contributed by atoms with Gasteiger partial charge in [-0.05, 0) is 45.0 Å². The zero-order valence-corrected chi connectivity index (χ0v) is 15.2. The molecule has 2 N–H and O–H groups in total. The van der Waals surface area contributed by atoms with Crippen molar-refractivity contribution in [2.45, 2.75) is 19.9 Å². The number of aliphatic imine (C=N–C) groups is 1. The molecule has 1 aromatic heterocycles. The summed E-state index contributed by atoms with van der Waals surface area (Å²) in [5, 5.41) is 6.72. The van der Waals surface area contributed by atoms with Crippen molar-refractivity contribution in [1.29, 1.82) is 0 Å². The van der Waals surface area contributed by atoms with Crippen LogP contribution in [0.4, 0.5) is 0 Å². The third kappa shape index (κ3) is 6.60. The molecule has 6 heteroatoms. The molecule has 0 amide bonds. The van der Waals surface area contributed by atoms with E-state index in [0.717, 1.165) is 30.7 Å². The van der Waals surface area contributed by atoms with E-state index in [9.17, 15) is 0 Å². The minimum atomic E-state index is 0. The Morgan fingerprint density at radius 1 is 1.43 bits per heavy atom. The molecule has 2 heterocycles. The molecule has 1 aliphatic heterocycles. The highest BCUT2D eigenvalue weighted by atomic mass is 127. The second kappa shape index (κ2) is 9.94. The predicted octanol–water partition coefficient (Wildman–Crippen LogP) is 1.71. The highest BCUT2D eigenvalue weighted by molar-refractivity contribution is 14.0. The van der Waals surface area contributed by atoms with E-state index in [0.29, 0.717) is 6.54 Å². The zero-order valence-electron chi connectivity index (χ0n) is 12.9. The van der Waals surface area contributed by atoms with Gasteiger partial charge in [0.05, 0.1) is 12.2 Å². The summed E-state index contributed by atoms with van der Waals surface area (Å²) in [5.41, 5.74) is 0.991. The van der Waals surface area contributed by atoms with E-state index in [2.05, 4.69) is 39.5 Å². The topological polar surface area (TPSA) is 52.6 Å². The van der Waals surface area contributed by atoms with Crippen molar-refractivity contribution < 1.29 is 0 Å². The SMILES string of the molecule is CCNC(=NCc1ccccn1)NCC1CCN(C)C1.I. The van der Waals surface area contributed by atoms with E-state index in [1.165, 1.54) is 19.5 Å². The maximum absolute atomic E-state index is 4.58. The van der Waals surface area contributed by atoms with E-state index in [1.54, 1.807) is 6.20 Å². The highest BCUT2D eigenvalue weighted by Gasteiger charge is 2.19. The molecule has 0 aromatic carbocycles. The van der Waals surface area contributed by atoms with Crippen LogP contribution in [-0.2, 0) is 6.54 Å². The lowest BCUT2D eigenvalue weighted by Crippen LogP contribution is -2.40. The van der Waals surface area contributed by atoms with E-state index in [1.807, 2.05) is 18.2 Å². The summed E-state index contributed by atoms with van der Waals surface area (Å²) in [7, 11) is 2.18. The lowest BCUT2D eigenvalue weighted by atomic mass is 10.1. The van der Waals surface area contributed by atoms with Crippen molar-refractivity contribution in [3.05, 3.63) is 30.1 Å². The van der Waals surface area contributed by atoms with Gasteiger partial charge in [0, 0.05) is 25.8 Å². The smallest absolute Gasteiger partial charge is 0.191 e. The number of rotatable bonds is 5. The summed E-state index contributed by atoms with van der Waals surface area (Å²) >= 11 is 0. The van der Waals surface area contributed by atoms with Crippen molar-refractivity contribution in [1.82, 2.24) is 20.5 Å². The van der Waals surface area contributed by atoms with Gasteiger partial charge in [0.1, 0.15) is 0 Å². The molecule has 1 unspecified atom stereocenters. The molecular weight excluding hydrogens is 377 g/mol. The van der Waals surface area contributed by atoms with Crippen LogP contribution in [0.25, 0.3) is 0 Å². The fraction of sp³-hybridized carbons (Fsp3) is 0.600. The second-order valence-corrected chi connectivity index (χ2v) is 5.31. The monoisotopic (exact) mass is 403 g/mol. The number of likely N-dealkylation sites (tertiary alicyclic amines) is 1. The summed E-state index contributed by atoms with van der Waals surface area (Å²) in [6, 6.07) is 5.92. The number of nitrogens with one attached hydrogen (secondary N) is 2. The maximum atomic E-state index is 4.58. The summed E-state index contributed by atoms with van der Waals surface area (Å²) in [6.07, 6.45) is 3.07. The number of nitrogens with zero attached hydrogens (tertiary/aromatic N) is 3. The third-order valence-corrected chi connectivity index (χ3v) is 3.52. The number of halogens is 1. The average Bonchev–Trinajstić information content (AvgIpc) is 2.89. The third-order valence-electron chi connectivity index (χ3n) is 3.52. The molecule has 5 nitrogen and oxygen atoms in total. The minimum absolute atomic E-state index is 0. The number of hydrogen-bond donors (Lipinski definition) is 2. The van der Waals surface area contributed by atoms with Crippen LogP contribution in [-0.4, -0.2) is 49.1 Å². The van der Waals surface area contributed by atoms with Crippen molar-refractivity contribution in [3.63, 3.8) is 0 Å². The van der Waals surface area contributed by atoms with Gasteiger partial charge in [-0.1, -0.05) is 6.07 Å². The summed E-state index contributed by atoms with van der Waals surface area (Å²) in [4.78, 5) is 11.3. The maximum Gasteiger partial charge on any atom is 0.191 e. The van der Waals surface area contributed by atoms with Crippen molar-refractivity contribution in [3.8, 4) is 0 Å². The summed E-state index contributed by atoms with van der Waals surface area (Å²) < 4.78 is 0. The Morgan fingerprint density at radius 2 is 2.29 bits per heavy atom. The zero-order chi connectivity index (χ0) is 14.2. The van der Waals surface area contributed by atoms with E-state index in [-0.39, 0.29) is 24.0 Å². The van der Waals surface area contributed by atoms with Crippen LogP contribution in [0, 0.1) is 5.92 Å². The van der Waals surface area contributed by atoms with Gasteiger partial charge in [0.15, 0.2) is 5.96 Å². The minimum Gasteiger partial charge on any atom is -0.357 e. The molecule has 1 aromatic rings.